The molecule has 0 aliphatic carbocycles. The number of benzene rings is 2. The summed E-state index contributed by atoms with van der Waals surface area (Å²) in [5, 5.41) is 17.5. The lowest BCUT2D eigenvalue weighted by molar-refractivity contribution is 0.283. The molecule has 27 heavy (non-hydrogen) atoms. The second kappa shape index (κ2) is 7.53. The van der Waals surface area contributed by atoms with Crippen LogP contribution < -0.4 is 15.2 Å². The fourth-order valence-electron chi connectivity index (χ4n) is 2.73. The van der Waals surface area contributed by atoms with Crippen molar-refractivity contribution < 1.29 is 14.6 Å². The molecule has 2 aromatic carbocycles. The van der Waals surface area contributed by atoms with Gasteiger partial charge in [0, 0.05) is 7.05 Å². The molecule has 8 heteroatoms. The Morgan fingerprint density at radius 1 is 1.07 bits per heavy atom. The highest BCUT2D eigenvalue weighted by Gasteiger charge is 2.17. The van der Waals surface area contributed by atoms with Crippen molar-refractivity contribution in [3.05, 3.63) is 57.5 Å². The van der Waals surface area contributed by atoms with E-state index in [0.29, 0.717) is 29.4 Å². The van der Waals surface area contributed by atoms with Gasteiger partial charge in [-0.2, -0.15) is 9.36 Å². The number of rotatable bonds is 6. The monoisotopic (exact) mass is 370 g/mol. The van der Waals surface area contributed by atoms with Crippen molar-refractivity contribution >= 4 is 0 Å². The van der Waals surface area contributed by atoms with Crippen LogP contribution in [0.15, 0.2) is 35.1 Å². The SMILES string of the molecule is CCOc1cccc(-n2nnn(C)c2=O)c1COc1cc(C)c(O)cc1C. The van der Waals surface area contributed by atoms with E-state index in [-0.39, 0.29) is 18.0 Å². The first-order chi connectivity index (χ1) is 12.9. The van der Waals surface area contributed by atoms with Crippen LogP contribution >= 0.6 is 0 Å². The van der Waals surface area contributed by atoms with Crippen LogP contribution in [0.3, 0.4) is 0 Å². The number of hydrogen-bond acceptors (Lipinski definition) is 6. The summed E-state index contributed by atoms with van der Waals surface area (Å²) in [6, 6.07) is 8.82. The van der Waals surface area contributed by atoms with E-state index in [2.05, 4.69) is 10.4 Å². The molecule has 0 unspecified atom stereocenters. The van der Waals surface area contributed by atoms with Gasteiger partial charge in [-0.1, -0.05) is 6.07 Å². The standard InChI is InChI=1S/C19H22N4O4/c1-5-26-17-8-6-7-15(23-19(25)22(4)20-21-23)14(17)11-27-18-10-12(2)16(24)9-13(18)3/h6-10,24H,5,11H2,1-4H3. The summed E-state index contributed by atoms with van der Waals surface area (Å²) < 4.78 is 14.1. The van der Waals surface area contributed by atoms with Crippen molar-refractivity contribution in [2.45, 2.75) is 27.4 Å². The Labute approximate surface area is 156 Å². The Bertz CT molecular complexity index is 1020. The van der Waals surface area contributed by atoms with E-state index in [0.717, 1.165) is 15.8 Å². The van der Waals surface area contributed by atoms with Crippen LogP contribution in [-0.4, -0.2) is 31.5 Å². The van der Waals surface area contributed by atoms with E-state index in [4.69, 9.17) is 9.47 Å². The zero-order valence-electron chi connectivity index (χ0n) is 15.8. The van der Waals surface area contributed by atoms with Crippen LogP contribution in [0, 0.1) is 13.8 Å². The van der Waals surface area contributed by atoms with Gasteiger partial charge in [-0.15, -0.1) is 0 Å². The second-order valence-corrected chi connectivity index (χ2v) is 6.18. The molecule has 0 amide bonds. The first kappa shape index (κ1) is 18.5. The summed E-state index contributed by atoms with van der Waals surface area (Å²) in [7, 11) is 1.54. The summed E-state index contributed by atoms with van der Waals surface area (Å²) in [4.78, 5) is 12.3. The van der Waals surface area contributed by atoms with Gasteiger partial charge in [0.2, 0.25) is 0 Å². The third kappa shape index (κ3) is 3.64. The number of tetrazole rings is 1. The average Bonchev–Trinajstić information content (AvgIpc) is 2.97. The van der Waals surface area contributed by atoms with Gasteiger partial charge >= 0.3 is 5.69 Å². The molecule has 142 valence electrons. The number of ether oxygens (including phenoxy) is 2. The van der Waals surface area contributed by atoms with Crippen molar-refractivity contribution in [3.63, 3.8) is 0 Å². The highest BCUT2D eigenvalue weighted by molar-refractivity contribution is 5.50. The smallest absolute Gasteiger partial charge is 0.368 e. The van der Waals surface area contributed by atoms with Crippen molar-refractivity contribution in [2.75, 3.05) is 6.61 Å². The van der Waals surface area contributed by atoms with Crippen molar-refractivity contribution in [2.24, 2.45) is 7.05 Å². The molecule has 0 spiro atoms. The van der Waals surface area contributed by atoms with Crippen molar-refractivity contribution in [1.29, 1.82) is 0 Å². The van der Waals surface area contributed by atoms with E-state index in [1.807, 2.05) is 19.9 Å². The van der Waals surface area contributed by atoms with Crippen LogP contribution in [0.5, 0.6) is 17.2 Å². The molecule has 0 aliphatic rings. The van der Waals surface area contributed by atoms with Crippen molar-refractivity contribution in [1.82, 2.24) is 19.8 Å². The van der Waals surface area contributed by atoms with E-state index in [1.54, 1.807) is 31.2 Å². The van der Waals surface area contributed by atoms with Crippen LogP contribution in [0.1, 0.15) is 23.6 Å². The lowest BCUT2D eigenvalue weighted by Crippen LogP contribution is -2.23. The van der Waals surface area contributed by atoms with Gasteiger partial charge in [-0.3, -0.25) is 0 Å². The zero-order valence-corrected chi connectivity index (χ0v) is 15.8. The van der Waals surface area contributed by atoms with E-state index >= 15 is 0 Å². The Balaban J connectivity index is 2.02. The lowest BCUT2D eigenvalue weighted by Gasteiger charge is -2.16. The van der Waals surface area contributed by atoms with Gasteiger partial charge in [-0.05, 0) is 66.6 Å². The molecule has 0 aliphatic heterocycles. The second-order valence-electron chi connectivity index (χ2n) is 6.18. The van der Waals surface area contributed by atoms with Crippen LogP contribution in [-0.2, 0) is 13.7 Å². The van der Waals surface area contributed by atoms with Gasteiger partial charge in [0.15, 0.2) is 0 Å². The molecule has 0 radical (unpaired) electrons. The maximum atomic E-state index is 12.3. The van der Waals surface area contributed by atoms with E-state index < -0.39 is 0 Å². The summed E-state index contributed by atoms with van der Waals surface area (Å²) in [6.07, 6.45) is 0. The number of nitrogens with zero attached hydrogens (tertiary/aromatic N) is 4. The highest BCUT2D eigenvalue weighted by Crippen LogP contribution is 2.30. The summed E-state index contributed by atoms with van der Waals surface area (Å²) in [5.41, 5.74) is 2.41. The molecule has 1 N–H and O–H groups in total. The van der Waals surface area contributed by atoms with E-state index in [9.17, 15) is 9.90 Å². The summed E-state index contributed by atoms with van der Waals surface area (Å²) >= 11 is 0. The lowest BCUT2D eigenvalue weighted by atomic mass is 10.1. The predicted octanol–water partition coefficient (Wildman–Crippen LogP) is 2.27. The largest absolute Gasteiger partial charge is 0.508 e. The minimum absolute atomic E-state index is 0.166. The highest BCUT2D eigenvalue weighted by atomic mass is 16.5. The molecular formula is C19H22N4O4. The average molecular weight is 370 g/mol. The molecule has 3 aromatic rings. The van der Waals surface area contributed by atoms with Gasteiger partial charge in [0.05, 0.1) is 17.9 Å². The first-order valence-corrected chi connectivity index (χ1v) is 8.59. The molecule has 0 saturated heterocycles. The first-order valence-electron chi connectivity index (χ1n) is 8.59. The number of phenols is 1. The number of phenolic OH excluding ortho intramolecular Hbond substituents is 1. The molecule has 3 rings (SSSR count). The normalized spacial score (nSPS) is 10.8. The topological polar surface area (TPSA) is 91.4 Å². The Morgan fingerprint density at radius 2 is 1.85 bits per heavy atom. The molecule has 1 aromatic heterocycles. The summed E-state index contributed by atoms with van der Waals surface area (Å²) in [6.45, 7) is 6.19. The Hall–Kier alpha value is -3.29. The number of aromatic hydroxyl groups is 1. The fourth-order valence-corrected chi connectivity index (χ4v) is 2.73. The maximum absolute atomic E-state index is 12.3. The predicted molar refractivity (Wildman–Crippen MR) is 99.7 cm³/mol. The van der Waals surface area contributed by atoms with Gasteiger partial charge < -0.3 is 14.6 Å². The molecule has 0 fully saturated rings. The van der Waals surface area contributed by atoms with Gasteiger partial charge in [-0.25, -0.2) is 4.79 Å². The quantitative estimate of drug-likeness (QED) is 0.716. The number of aryl methyl sites for hydroxylation is 3. The number of aromatic nitrogens is 4. The maximum Gasteiger partial charge on any atom is 0.368 e. The van der Waals surface area contributed by atoms with Gasteiger partial charge in [0.25, 0.3) is 0 Å². The molecule has 0 bridgehead atoms. The number of hydrogen-bond donors (Lipinski definition) is 1. The molecule has 0 atom stereocenters. The molecule has 8 nitrogen and oxygen atoms in total. The Morgan fingerprint density at radius 3 is 2.52 bits per heavy atom. The van der Waals surface area contributed by atoms with E-state index in [1.165, 1.54) is 11.7 Å². The van der Waals surface area contributed by atoms with Gasteiger partial charge in [0.1, 0.15) is 23.9 Å². The minimum atomic E-state index is -0.360. The fraction of sp³-hybridized carbons (Fsp3) is 0.316. The zero-order chi connectivity index (χ0) is 19.6. The third-order valence-electron chi connectivity index (χ3n) is 4.22. The summed E-state index contributed by atoms with van der Waals surface area (Å²) in [5.74, 6) is 1.48. The van der Waals surface area contributed by atoms with Crippen LogP contribution in [0.4, 0.5) is 0 Å². The third-order valence-corrected chi connectivity index (χ3v) is 4.22. The molecular weight excluding hydrogens is 348 g/mol. The van der Waals surface area contributed by atoms with Crippen LogP contribution in [0.25, 0.3) is 5.69 Å². The Kier molecular flexibility index (Phi) is 5.16. The molecule has 0 saturated carbocycles. The molecule has 1 heterocycles. The van der Waals surface area contributed by atoms with Crippen LogP contribution in [0.2, 0.25) is 0 Å². The van der Waals surface area contributed by atoms with Crippen molar-refractivity contribution in [3.8, 4) is 22.9 Å². The minimum Gasteiger partial charge on any atom is -0.508 e.